The number of aryl methyl sites for hydroxylation is 1. The van der Waals surface area contributed by atoms with E-state index >= 15 is 0 Å². The molecular formula is C24H26N2S. The van der Waals surface area contributed by atoms with E-state index in [9.17, 15) is 0 Å². The van der Waals surface area contributed by atoms with Crippen LogP contribution in [0, 0.1) is 6.92 Å². The maximum Gasteiger partial charge on any atom is 0.0848 e. The van der Waals surface area contributed by atoms with Gasteiger partial charge in [-0.05, 0) is 43.2 Å². The molecule has 27 heavy (non-hydrogen) atoms. The fraction of sp³-hybridized carbons (Fsp3) is 0.250. The van der Waals surface area contributed by atoms with Crippen molar-refractivity contribution in [2.45, 2.75) is 49.2 Å². The number of nitrogens with one attached hydrogen (secondary N) is 1. The van der Waals surface area contributed by atoms with Crippen LogP contribution in [0.5, 0.6) is 0 Å². The van der Waals surface area contributed by atoms with Gasteiger partial charge in [0, 0.05) is 16.3 Å². The van der Waals surface area contributed by atoms with Crippen LogP contribution in [0.15, 0.2) is 82.6 Å². The molecule has 0 saturated carbocycles. The van der Waals surface area contributed by atoms with Gasteiger partial charge in [-0.15, -0.1) is 0 Å². The molecule has 3 aromatic rings. The van der Waals surface area contributed by atoms with Crippen molar-refractivity contribution in [2.24, 2.45) is 0 Å². The van der Waals surface area contributed by atoms with Crippen molar-refractivity contribution in [3.63, 3.8) is 0 Å². The Morgan fingerprint density at radius 1 is 0.852 bits per heavy atom. The molecule has 0 fully saturated rings. The Morgan fingerprint density at radius 3 is 2.04 bits per heavy atom. The largest absolute Gasteiger partial charge is 0.323 e. The Balaban J connectivity index is 1.66. The average molecular weight is 375 g/mol. The van der Waals surface area contributed by atoms with Gasteiger partial charge in [0.05, 0.1) is 17.5 Å². The van der Waals surface area contributed by atoms with Gasteiger partial charge >= 0.3 is 0 Å². The summed E-state index contributed by atoms with van der Waals surface area (Å²) in [6.45, 7) is 5.27. The molecule has 1 aliphatic heterocycles. The van der Waals surface area contributed by atoms with E-state index < -0.39 is 0 Å². The van der Waals surface area contributed by atoms with Gasteiger partial charge in [-0.1, -0.05) is 79.2 Å². The lowest BCUT2D eigenvalue weighted by Gasteiger charge is -2.39. The topological polar surface area (TPSA) is 15.3 Å². The van der Waals surface area contributed by atoms with Crippen LogP contribution in [-0.2, 0) is 6.54 Å². The number of hydrogen-bond acceptors (Lipinski definition) is 3. The van der Waals surface area contributed by atoms with Gasteiger partial charge < -0.3 is 4.90 Å². The quantitative estimate of drug-likeness (QED) is 0.529. The molecule has 138 valence electrons. The molecule has 0 radical (unpaired) electrons. The van der Waals surface area contributed by atoms with Crippen LogP contribution in [0.25, 0.3) is 0 Å². The number of anilines is 2. The molecule has 1 heterocycles. The lowest BCUT2D eigenvalue weighted by Crippen LogP contribution is -2.44. The standard InChI is InChI=1S/C24H26N2S/c1-3-8-24(25-17-19-15-13-18(2)14-16-19)26-20-9-4-6-11-22(20)27-23-12-7-5-10-21(23)26/h4-7,9-16,24-25H,3,8,17H2,1-2H3. The molecule has 2 nitrogen and oxygen atoms in total. The van der Waals surface area contributed by atoms with Crippen molar-refractivity contribution in [1.29, 1.82) is 0 Å². The summed E-state index contributed by atoms with van der Waals surface area (Å²) in [5.41, 5.74) is 5.24. The van der Waals surface area contributed by atoms with E-state index in [1.807, 2.05) is 11.8 Å². The molecule has 0 aliphatic carbocycles. The highest BCUT2D eigenvalue weighted by Crippen LogP contribution is 2.48. The van der Waals surface area contributed by atoms with Crippen LogP contribution in [0.3, 0.4) is 0 Å². The van der Waals surface area contributed by atoms with Gasteiger partial charge in [0.2, 0.25) is 0 Å². The van der Waals surface area contributed by atoms with Crippen molar-refractivity contribution in [1.82, 2.24) is 5.32 Å². The Kier molecular flexibility index (Phi) is 5.51. The highest BCUT2D eigenvalue weighted by molar-refractivity contribution is 7.99. The number of hydrogen-bond donors (Lipinski definition) is 1. The highest BCUT2D eigenvalue weighted by atomic mass is 32.2. The zero-order valence-electron chi connectivity index (χ0n) is 16.0. The van der Waals surface area contributed by atoms with E-state index in [1.165, 1.54) is 32.3 Å². The summed E-state index contributed by atoms with van der Waals surface area (Å²) in [7, 11) is 0. The summed E-state index contributed by atoms with van der Waals surface area (Å²) < 4.78 is 0. The summed E-state index contributed by atoms with van der Waals surface area (Å²) in [5, 5.41) is 3.82. The first-order valence-electron chi connectivity index (χ1n) is 9.70. The Morgan fingerprint density at radius 2 is 1.44 bits per heavy atom. The van der Waals surface area contributed by atoms with Gasteiger partial charge in [-0.2, -0.15) is 0 Å². The molecule has 3 heteroatoms. The van der Waals surface area contributed by atoms with E-state index in [2.05, 4.69) is 96.9 Å². The van der Waals surface area contributed by atoms with Gasteiger partial charge in [-0.25, -0.2) is 0 Å². The highest BCUT2D eigenvalue weighted by Gasteiger charge is 2.28. The maximum atomic E-state index is 3.82. The first-order valence-corrected chi connectivity index (χ1v) is 10.5. The second kappa shape index (κ2) is 8.20. The summed E-state index contributed by atoms with van der Waals surface area (Å²) in [6, 6.07) is 26.3. The Bertz CT molecular complexity index is 859. The molecule has 1 unspecified atom stereocenters. The molecule has 0 spiro atoms. The first kappa shape index (κ1) is 18.1. The molecule has 1 aliphatic rings. The second-order valence-corrected chi connectivity index (χ2v) is 8.16. The van der Waals surface area contributed by atoms with E-state index in [0.717, 1.165) is 19.4 Å². The number of para-hydroxylation sites is 2. The summed E-state index contributed by atoms with van der Waals surface area (Å²) in [4.78, 5) is 5.16. The van der Waals surface area contributed by atoms with E-state index in [0.29, 0.717) is 0 Å². The molecule has 0 amide bonds. The number of benzene rings is 3. The summed E-state index contributed by atoms with van der Waals surface area (Å²) in [5.74, 6) is 0. The van der Waals surface area contributed by atoms with Gasteiger partial charge in [0.1, 0.15) is 0 Å². The Labute approximate surface area is 166 Å². The normalized spacial score (nSPS) is 13.8. The zero-order valence-corrected chi connectivity index (χ0v) is 16.8. The van der Waals surface area contributed by atoms with Crippen LogP contribution in [-0.4, -0.2) is 6.17 Å². The predicted molar refractivity (Wildman–Crippen MR) is 116 cm³/mol. The number of fused-ring (bicyclic) bond motifs is 2. The molecule has 1 atom stereocenters. The monoisotopic (exact) mass is 374 g/mol. The third-order valence-corrected chi connectivity index (χ3v) is 6.14. The fourth-order valence-electron chi connectivity index (χ4n) is 3.61. The molecule has 0 bridgehead atoms. The summed E-state index contributed by atoms with van der Waals surface area (Å²) in [6.07, 6.45) is 2.50. The van der Waals surface area contributed by atoms with Crippen molar-refractivity contribution in [2.75, 3.05) is 4.90 Å². The third-order valence-electron chi connectivity index (χ3n) is 5.01. The minimum Gasteiger partial charge on any atom is -0.323 e. The number of nitrogens with zero attached hydrogens (tertiary/aromatic N) is 1. The van der Waals surface area contributed by atoms with Gasteiger partial charge in [0.25, 0.3) is 0 Å². The third kappa shape index (κ3) is 3.90. The molecule has 4 rings (SSSR count). The minimum absolute atomic E-state index is 0.263. The fourth-order valence-corrected chi connectivity index (χ4v) is 4.68. The molecule has 0 aromatic heterocycles. The SMILES string of the molecule is CCCC(NCc1ccc(C)cc1)N1c2ccccc2Sc2ccccc21. The first-order chi connectivity index (χ1) is 13.3. The van der Waals surface area contributed by atoms with Crippen LogP contribution in [0.2, 0.25) is 0 Å². The predicted octanol–water partition coefficient (Wildman–Crippen LogP) is 6.51. The minimum atomic E-state index is 0.263. The maximum absolute atomic E-state index is 3.82. The van der Waals surface area contributed by atoms with Crippen LogP contribution < -0.4 is 10.2 Å². The summed E-state index contributed by atoms with van der Waals surface area (Å²) >= 11 is 1.87. The van der Waals surface area contributed by atoms with Gasteiger partial charge in [0.15, 0.2) is 0 Å². The molecule has 3 aromatic carbocycles. The zero-order chi connectivity index (χ0) is 18.6. The van der Waals surface area contributed by atoms with E-state index in [1.54, 1.807) is 0 Å². The lowest BCUT2D eigenvalue weighted by molar-refractivity contribution is 0.476. The lowest BCUT2D eigenvalue weighted by atomic mass is 10.1. The van der Waals surface area contributed by atoms with Crippen LogP contribution >= 0.6 is 11.8 Å². The van der Waals surface area contributed by atoms with E-state index in [-0.39, 0.29) is 6.17 Å². The Hall–Kier alpha value is -2.23. The van der Waals surface area contributed by atoms with E-state index in [4.69, 9.17) is 0 Å². The van der Waals surface area contributed by atoms with Crippen LogP contribution in [0.1, 0.15) is 30.9 Å². The smallest absolute Gasteiger partial charge is 0.0848 e. The van der Waals surface area contributed by atoms with Gasteiger partial charge in [-0.3, -0.25) is 5.32 Å². The van der Waals surface area contributed by atoms with Crippen LogP contribution in [0.4, 0.5) is 11.4 Å². The van der Waals surface area contributed by atoms with Crippen molar-refractivity contribution in [3.8, 4) is 0 Å². The average Bonchev–Trinajstić information content (AvgIpc) is 2.71. The number of rotatable bonds is 6. The van der Waals surface area contributed by atoms with Crippen molar-refractivity contribution < 1.29 is 0 Å². The second-order valence-electron chi connectivity index (χ2n) is 7.08. The molecule has 1 N–H and O–H groups in total. The molecule has 0 saturated heterocycles. The van der Waals surface area contributed by atoms with Crippen molar-refractivity contribution >= 4 is 23.1 Å². The molecular weight excluding hydrogens is 348 g/mol. The van der Waals surface area contributed by atoms with Crippen molar-refractivity contribution in [3.05, 3.63) is 83.9 Å².